The van der Waals surface area contributed by atoms with Crippen molar-refractivity contribution in [3.63, 3.8) is 0 Å². The lowest BCUT2D eigenvalue weighted by Crippen LogP contribution is -2.53. The van der Waals surface area contributed by atoms with Gasteiger partial charge in [-0.05, 0) is 47.3 Å². The molecular weight excluding hydrogens is 649 g/mol. The van der Waals surface area contributed by atoms with Crippen molar-refractivity contribution in [2.75, 3.05) is 54.2 Å². The molecule has 0 aromatic heterocycles. The third-order valence-corrected chi connectivity index (χ3v) is 9.36. The van der Waals surface area contributed by atoms with Crippen molar-refractivity contribution in [1.29, 1.82) is 0 Å². The van der Waals surface area contributed by atoms with Gasteiger partial charge in [0.05, 0.1) is 38.5 Å². The van der Waals surface area contributed by atoms with Crippen LogP contribution < -0.4 is 0 Å². The molecule has 4 aromatic rings. The van der Waals surface area contributed by atoms with E-state index in [0.29, 0.717) is 52.4 Å². The van der Waals surface area contributed by atoms with Gasteiger partial charge < -0.3 is 38.2 Å². The molecule has 0 N–H and O–H groups in total. The highest BCUT2D eigenvalue weighted by atomic mass is 32.1. The number of hydrogen-bond acceptors (Lipinski definition) is 7. The Bertz CT molecular complexity index is 1390. The zero-order chi connectivity index (χ0) is 34.8. The van der Waals surface area contributed by atoms with Gasteiger partial charge in [0.25, 0.3) is 0 Å². The smallest absolute Gasteiger partial charge is 0.172 e. The highest BCUT2D eigenvalue weighted by Crippen LogP contribution is 2.33. The average Bonchev–Trinajstić information content (AvgIpc) is 3.23. The van der Waals surface area contributed by atoms with E-state index in [1.165, 1.54) is 11.1 Å². The highest BCUT2D eigenvalue weighted by Gasteiger charge is 2.47. The van der Waals surface area contributed by atoms with Crippen LogP contribution in [0.15, 0.2) is 121 Å². The fourth-order valence-corrected chi connectivity index (χ4v) is 6.80. The normalized spacial score (nSPS) is 19.4. The Balaban J connectivity index is 1.64. The number of nitrogens with zero attached hydrogens (tertiary/aromatic N) is 2. The summed E-state index contributed by atoms with van der Waals surface area (Å²) in [6, 6.07) is 41.6. The molecule has 1 heterocycles. The summed E-state index contributed by atoms with van der Waals surface area (Å²) in [4.78, 5) is 4.68. The van der Waals surface area contributed by atoms with E-state index in [9.17, 15) is 0 Å². The van der Waals surface area contributed by atoms with Crippen LogP contribution in [0.2, 0.25) is 0 Å². The van der Waals surface area contributed by atoms with E-state index in [4.69, 9.17) is 40.6 Å². The quantitative estimate of drug-likeness (QED) is 0.0583. The molecule has 0 saturated carbocycles. The van der Waals surface area contributed by atoms with Crippen LogP contribution in [0.3, 0.4) is 0 Å². The molecule has 9 heteroatoms. The van der Waals surface area contributed by atoms with Crippen molar-refractivity contribution in [2.45, 2.75) is 50.2 Å². The Morgan fingerprint density at radius 3 is 1.16 bits per heavy atom. The Kier molecular flexibility index (Phi) is 15.7. The van der Waals surface area contributed by atoms with Crippen molar-refractivity contribution in [3.05, 3.63) is 144 Å². The second-order valence-corrected chi connectivity index (χ2v) is 12.7. The Morgan fingerprint density at radius 2 is 0.820 bits per heavy atom. The fraction of sp³-hybridized carbons (Fsp3) is 0.390. The minimum Gasteiger partial charge on any atom is -0.382 e. The van der Waals surface area contributed by atoms with Crippen LogP contribution in [-0.4, -0.2) is 93.4 Å². The molecule has 1 aliphatic rings. The summed E-state index contributed by atoms with van der Waals surface area (Å²) in [6.07, 6.45) is 0.441. The molecule has 1 saturated heterocycles. The monoisotopic (exact) mass is 698 g/mol. The SMILES string of the molecule is COCCOCOC1C(OCOCCOC)C(Cc2ccccc2)N(Cc2ccccc2)C(=S)N(Cc2ccccc2)C1Cc1ccccc1. The lowest BCUT2D eigenvalue weighted by molar-refractivity contribution is -0.192. The molecule has 0 amide bonds. The van der Waals surface area contributed by atoms with Gasteiger partial charge in [0, 0.05) is 27.3 Å². The maximum absolute atomic E-state index is 6.86. The molecule has 50 heavy (non-hydrogen) atoms. The predicted octanol–water partition coefficient (Wildman–Crippen LogP) is 6.52. The molecule has 0 bridgehead atoms. The summed E-state index contributed by atoms with van der Waals surface area (Å²) in [5.41, 5.74) is 4.67. The molecule has 0 aliphatic carbocycles. The van der Waals surface area contributed by atoms with Crippen LogP contribution in [-0.2, 0) is 54.4 Å². The lowest BCUT2D eigenvalue weighted by atomic mass is 9.90. The summed E-state index contributed by atoms with van der Waals surface area (Å²) in [5, 5.41) is 0.750. The molecule has 266 valence electrons. The Morgan fingerprint density at radius 1 is 0.480 bits per heavy atom. The maximum atomic E-state index is 6.86. The third-order valence-electron chi connectivity index (χ3n) is 8.89. The molecule has 1 aliphatic heterocycles. The Hall–Kier alpha value is -3.67. The van der Waals surface area contributed by atoms with E-state index in [1.54, 1.807) is 14.2 Å². The van der Waals surface area contributed by atoms with E-state index >= 15 is 0 Å². The molecule has 5 rings (SSSR count). The van der Waals surface area contributed by atoms with Gasteiger partial charge >= 0.3 is 0 Å². The zero-order valence-corrected chi connectivity index (χ0v) is 30.0. The van der Waals surface area contributed by atoms with E-state index in [2.05, 4.69) is 107 Å². The highest BCUT2D eigenvalue weighted by molar-refractivity contribution is 7.80. The van der Waals surface area contributed by atoms with Crippen molar-refractivity contribution < 1.29 is 28.4 Å². The van der Waals surface area contributed by atoms with Gasteiger partial charge in [-0.3, -0.25) is 0 Å². The van der Waals surface area contributed by atoms with Crippen LogP contribution in [0.25, 0.3) is 0 Å². The van der Waals surface area contributed by atoms with Gasteiger partial charge in [0.15, 0.2) is 5.11 Å². The van der Waals surface area contributed by atoms with Crippen molar-refractivity contribution in [1.82, 2.24) is 9.80 Å². The lowest BCUT2D eigenvalue weighted by Gasteiger charge is -2.39. The van der Waals surface area contributed by atoms with E-state index < -0.39 is 12.2 Å². The average molecular weight is 699 g/mol. The summed E-state index contributed by atoms with van der Waals surface area (Å²) in [5.74, 6) is 0. The topological polar surface area (TPSA) is 61.9 Å². The number of rotatable bonds is 20. The minimum absolute atomic E-state index is 0.0758. The molecule has 8 nitrogen and oxygen atoms in total. The second-order valence-electron chi connectivity index (χ2n) is 12.3. The van der Waals surface area contributed by atoms with Crippen LogP contribution in [0.1, 0.15) is 22.3 Å². The largest absolute Gasteiger partial charge is 0.382 e. The first-order valence-electron chi connectivity index (χ1n) is 17.3. The second kappa shape index (κ2) is 20.9. The Labute approximate surface area is 302 Å². The molecule has 1 fully saturated rings. The van der Waals surface area contributed by atoms with E-state index in [1.807, 2.05) is 24.3 Å². The van der Waals surface area contributed by atoms with Gasteiger partial charge in [-0.25, -0.2) is 0 Å². The maximum Gasteiger partial charge on any atom is 0.172 e. The number of thiocarbonyl (C=S) groups is 1. The molecule has 0 spiro atoms. The summed E-state index contributed by atoms with van der Waals surface area (Å²) < 4.78 is 36.1. The first-order valence-corrected chi connectivity index (χ1v) is 17.7. The van der Waals surface area contributed by atoms with Crippen LogP contribution in [0.5, 0.6) is 0 Å². The van der Waals surface area contributed by atoms with Crippen molar-refractivity contribution >= 4 is 17.3 Å². The number of methoxy groups -OCH3 is 2. The number of ether oxygens (including phenoxy) is 6. The minimum atomic E-state index is -0.458. The van der Waals surface area contributed by atoms with Crippen molar-refractivity contribution in [2.24, 2.45) is 0 Å². The standard InChI is InChI=1S/C41H50N2O6S/c1-44-23-25-46-31-48-39-37(27-33-15-7-3-8-16-33)42(29-35-19-11-5-12-20-35)41(50)43(30-36-21-13-6-14-22-36)38(28-34-17-9-4-10-18-34)40(39)49-32-47-26-24-45-2/h3-22,37-40H,23-32H2,1-2H3. The summed E-state index contributed by atoms with van der Waals surface area (Å²) in [7, 11) is 3.33. The zero-order valence-electron chi connectivity index (χ0n) is 29.2. The third kappa shape index (κ3) is 11.2. The van der Waals surface area contributed by atoms with Gasteiger partial charge in [-0.1, -0.05) is 121 Å². The van der Waals surface area contributed by atoms with Gasteiger partial charge in [0.1, 0.15) is 25.8 Å². The molecule has 4 atom stereocenters. The van der Waals surface area contributed by atoms with Crippen LogP contribution in [0, 0.1) is 0 Å². The van der Waals surface area contributed by atoms with Crippen molar-refractivity contribution in [3.8, 4) is 0 Å². The van der Waals surface area contributed by atoms with Gasteiger partial charge in [-0.15, -0.1) is 0 Å². The number of hydrogen-bond donors (Lipinski definition) is 0. The first kappa shape index (κ1) is 37.6. The van der Waals surface area contributed by atoms with E-state index in [0.717, 1.165) is 16.2 Å². The molecule has 4 unspecified atom stereocenters. The summed E-state index contributed by atoms with van der Waals surface area (Å²) >= 11 is 6.61. The first-order chi connectivity index (χ1) is 24.7. The fourth-order valence-electron chi connectivity index (χ4n) is 6.40. The summed E-state index contributed by atoms with van der Waals surface area (Å²) in [6.45, 7) is 3.12. The molecule has 0 radical (unpaired) electrons. The predicted molar refractivity (Wildman–Crippen MR) is 200 cm³/mol. The number of benzene rings is 4. The van der Waals surface area contributed by atoms with Gasteiger partial charge in [0.2, 0.25) is 0 Å². The van der Waals surface area contributed by atoms with Crippen LogP contribution in [0.4, 0.5) is 0 Å². The van der Waals surface area contributed by atoms with E-state index in [-0.39, 0.29) is 25.7 Å². The molecule has 4 aromatic carbocycles. The van der Waals surface area contributed by atoms with Gasteiger partial charge in [-0.2, -0.15) is 0 Å². The van der Waals surface area contributed by atoms with Crippen LogP contribution >= 0.6 is 12.2 Å². The molecular formula is C41H50N2O6S.